The molecule has 1 saturated heterocycles. The van der Waals surface area contributed by atoms with E-state index in [0.29, 0.717) is 12.1 Å². The maximum atomic E-state index is 12.3. The van der Waals surface area contributed by atoms with Crippen molar-refractivity contribution < 1.29 is 9.59 Å². The van der Waals surface area contributed by atoms with E-state index in [9.17, 15) is 9.59 Å². The molecule has 2 rings (SSSR count). The van der Waals surface area contributed by atoms with Gasteiger partial charge in [0.05, 0.1) is 6.54 Å². The zero-order valence-electron chi connectivity index (χ0n) is 15.6. The van der Waals surface area contributed by atoms with Crippen molar-refractivity contribution in [3.63, 3.8) is 0 Å². The molecule has 0 unspecified atom stereocenters. The Balaban J connectivity index is 1.69. The molecule has 1 aliphatic heterocycles. The molecule has 0 aliphatic carbocycles. The van der Waals surface area contributed by atoms with E-state index < -0.39 is 0 Å². The summed E-state index contributed by atoms with van der Waals surface area (Å²) in [5.74, 6) is 0.176. The maximum absolute atomic E-state index is 12.3. The lowest BCUT2D eigenvalue weighted by Gasteiger charge is -2.35. The fraction of sp³-hybridized carbons (Fsp3) is 0.579. The van der Waals surface area contributed by atoms with Gasteiger partial charge in [-0.05, 0) is 64.8 Å². The first-order chi connectivity index (χ1) is 12.0. The summed E-state index contributed by atoms with van der Waals surface area (Å²) in [4.78, 5) is 30.2. The van der Waals surface area contributed by atoms with E-state index >= 15 is 0 Å². The molecule has 25 heavy (non-hydrogen) atoms. The number of ketones is 1. The van der Waals surface area contributed by atoms with Crippen LogP contribution in [0.2, 0.25) is 0 Å². The minimum absolute atomic E-state index is 0.0473. The van der Waals surface area contributed by atoms with Crippen molar-refractivity contribution in [1.82, 2.24) is 14.7 Å². The molecule has 0 spiro atoms. The monoisotopic (exact) mass is 346 g/mol. The highest BCUT2D eigenvalue weighted by Crippen LogP contribution is 2.10. The fourth-order valence-corrected chi connectivity index (χ4v) is 2.94. The molecule has 138 valence electrons. The minimum atomic E-state index is 0.0473. The number of hydrogen-bond donors (Lipinski definition) is 1. The molecule has 0 bridgehead atoms. The van der Waals surface area contributed by atoms with E-state index in [0.717, 1.165) is 45.0 Å². The second kappa shape index (κ2) is 9.53. The topological polar surface area (TPSA) is 55.9 Å². The van der Waals surface area contributed by atoms with Crippen molar-refractivity contribution in [2.24, 2.45) is 0 Å². The van der Waals surface area contributed by atoms with Crippen molar-refractivity contribution in [3.05, 3.63) is 29.8 Å². The Bertz CT molecular complexity index is 563. The van der Waals surface area contributed by atoms with Crippen LogP contribution in [0.4, 0.5) is 5.69 Å². The molecule has 1 fully saturated rings. The fourth-order valence-electron chi connectivity index (χ4n) is 2.94. The summed E-state index contributed by atoms with van der Waals surface area (Å²) in [7, 11) is 4.19. The van der Waals surface area contributed by atoms with Crippen LogP contribution in [0.5, 0.6) is 0 Å². The molecule has 1 amide bonds. The number of benzene rings is 1. The van der Waals surface area contributed by atoms with Crippen molar-refractivity contribution in [2.45, 2.75) is 13.3 Å². The molecule has 1 aliphatic rings. The summed E-state index contributed by atoms with van der Waals surface area (Å²) >= 11 is 0. The Morgan fingerprint density at radius 1 is 1.08 bits per heavy atom. The summed E-state index contributed by atoms with van der Waals surface area (Å²) in [6, 6.07) is 7.24. The smallest absolute Gasteiger partial charge is 0.241 e. The Hall–Kier alpha value is -1.92. The van der Waals surface area contributed by atoms with Crippen molar-refractivity contribution in [1.29, 1.82) is 0 Å². The van der Waals surface area contributed by atoms with E-state index in [4.69, 9.17) is 0 Å². The van der Waals surface area contributed by atoms with E-state index in [1.54, 1.807) is 19.1 Å². The number of anilines is 1. The lowest BCUT2D eigenvalue weighted by atomic mass is 10.1. The van der Waals surface area contributed by atoms with Gasteiger partial charge < -0.3 is 15.1 Å². The van der Waals surface area contributed by atoms with Gasteiger partial charge in [-0.3, -0.25) is 14.5 Å². The Morgan fingerprint density at radius 2 is 1.72 bits per heavy atom. The molecule has 0 radical (unpaired) electrons. The summed E-state index contributed by atoms with van der Waals surface area (Å²) in [6.07, 6.45) is 1.17. The van der Waals surface area contributed by atoms with E-state index in [2.05, 4.69) is 29.2 Å². The van der Waals surface area contributed by atoms with Crippen LogP contribution >= 0.6 is 0 Å². The number of carbonyl (C=O) groups is 2. The van der Waals surface area contributed by atoms with Gasteiger partial charge in [-0.2, -0.15) is 0 Å². The lowest BCUT2D eigenvalue weighted by Crippen LogP contribution is -2.50. The van der Waals surface area contributed by atoms with E-state index in [-0.39, 0.29) is 11.7 Å². The molecular weight excluding hydrogens is 316 g/mol. The summed E-state index contributed by atoms with van der Waals surface area (Å²) in [5.41, 5.74) is 1.54. The number of Topliss-reactive ketones (excluding diaryl/α,β-unsaturated/α-hetero) is 1. The minimum Gasteiger partial charge on any atom is -0.376 e. The van der Waals surface area contributed by atoms with Gasteiger partial charge in [-0.1, -0.05) is 0 Å². The van der Waals surface area contributed by atoms with Gasteiger partial charge in [0.2, 0.25) is 5.91 Å². The normalized spacial score (nSPS) is 15.4. The molecule has 1 aromatic rings. The second-order valence-electron chi connectivity index (χ2n) is 6.87. The molecular formula is C19H30N4O2. The number of piperazine rings is 1. The molecule has 6 heteroatoms. The van der Waals surface area contributed by atoms with E-state index in [1.807, 2.05) is 17.0 Å². The van der Waals surface area contributed by atoms with Crippen LogP contribution in [0.25, 0.3) is 0 Å². The van der Waals surface area contributed by atoms with Crippen LogP contribution in [-0.2, 0) is 4.79 Å². The van der Waals surface area contributed by atoms with Gasteiger partial charge in [-0.25, -0.2) is 0 Å². The third kappa shape index (κ3) is 6.48. The van der Waals surface area contributed by atoms with Gasteiger partial charge in [-0.15, -0.1) is 0 Å². The van der Waals surface area contributed by atoms with Gasteiger partial charge in [0.25, 0.3) is 0 Å². The van der Waals surface area contributed by atoms with Crippen LogP contribution in [0.3, 0.4) is 0 Å². The summed E-state index contributed by atoms with van der Waals surface area (Å²) in [6.45, 7) is 7.54. The SMILES string of the molecule is CC(=O)c1ccc(NCC(=O)N2CCN(CCCN(C)C)CC2)cc1. The predicted molar refractivity (Wildman–Crippen MR) is 101 cm³/mol. The number of rotatable bonds is 8. The largest absolute Gasteiger partial charge is 0.376 e. The van der Waals surface area contributed by atoms with E-state index in [1.165, 1.54) is 6.42 Å². The first-order valence-electron chi connectivity index (χ1n) is 8.95. The number of amides is 1. The van der Waals surface area contributed by atoms with Crippen LogP contribution in [0, 0.1) is 0 Å². The second-order valence-corrected chi connectivity index (χ2v) is 6.87. The summed E-state index contributed by atoms with van der Waals surface area (Å²) < 4.78 is 0. The standard InChI is InChI=1S/C19H30N4O2/c1-16(24)17-5-7-18(8-6-17)20-15-19(25)23-13-11-22(12-14-23)10-4-9-21(2)3/h5-8,20H,4,9-15H2,1-3H3. The van der Waals surface area contributed by atoms with Gasteiger partial charge in [0.15, 0.2) is 5.78 Å². The third-order valence-corrected chi connectivity index (χ3v) is 4.54. The maximum Gasteiger partial charge on any atom is 0.241 e. The highest BCUT2D eigenvalue weighted by molar-refractivity contribution is 5.94. The third-order valence-electron chi connectivity index (χ3n) is 4.54. The highest BCUT2D eigenvalue weighted by Gasteiger charge is 2.20. The van der Waals surface area contributed by atoms with Crippen LogP contribution in [0.15, 0.2) is 24.3 Å². The van der Waals surface area contributed by atoms with Gasteiger partial charge in [0.1, 0.15) is 0 Å². The first-order valence-corrected chi connectivity index (χ1v) is 8.95. The average molecular weight is 346 g/mol. The van der Waals surface area contributed by atoms with Crippen LogP contribution < -0.4 is 5.32 Å². The van der Waals surface area contributed by atoms with Crippen LogP contribution in [0.1, 0.15) is 23.7 Å². The summed E-state index contributed by atoms with van der Waals surface area (Å²) in [5, 5.41) is 3.14. The molecule has 0 atom stereocenters. The molecule has 0 saturated carbocycles. The highest BCUT2D eigenvalue weighted by atomic mass is 16.2. The number of nitrogens with one attached hydrogen (secondary N) is 1. The van der Waals surface area contributed by atoms with Gasteiger partial charge >= 0.3 is 0 Å². The lowest BCUT2D eigenvalue weighted by molar-refractivity contribution is -0.131. The number of carbonyl (C=O) groups excluding carboxylic acids is 2. The Labute approximate surface area is 150 Å². The molecule has 1 heterocycles. The zero-order valence-corrected chi connectivity index (χ0v) is 15.6. The van der Waals surface area contributed by atoms with Crippen LogP contribution in [-0.4, -0.2) is 86.3 Å². The van der Waals surface area contributed by atoms with Crippen molar-refractivity contribution >= 4 is 17.4 Å². The molecule has 1 N–H and O–H groups in total. The Morgan fingerprint density at radius 3 is 2.28 bits per heavy atom. The Kier molecular flexibility index (Phi) is 7.40. The number of nitrogens with zero attached hydrogens (tertiary/aromatic N) is 3. The first kappa shape index (κ1) is 19.4. The quantitative estimate of drug-likeness (QED) is 0.721. The zero-order chi connectivity index (χ0) is 18.2. The molecule has 0 aromatic heterocycles. The number of hydrogen-bond acceptors (Lipinski definition) is 5. The van der Waals surface area contributed by atoms with Crippen molar-refractivity contribution in [2.75, 3.05) is 65.2 Å². The van der Waals surface area contributed by atoms with Gasteiger partial charge in [0, 0.05) is 37.4 Å². The predicted octanol–water partition coefficient (Wildman–Crippen LogP) is 1.40. The molecule has 6 nitrogen and oxygen atoms in total. The molecule has 1 aromatic carbocycles. The average Bonchev–Trinajstić information content (AvgIpc) is 2.60. The van der Waals surface area contributed by atoms with Crippen molar-refractivity contribution in [3.8, 4) is 0 Å².